The number of carbonyl (C=O) groups excluding carboxylic acids is 2. The van der Waals surface area contributed by atoms with E-state index in [1.54, 1.807) is 24.3 Å². The van der Waals surface area contributed by atoms with Gasteiger partial charge in [-0.3, -0.25) is 4.79 Å². The zero-order chi connectivity index (χ0) is 17.9. The van der Waals surface area contributed by atoms with Gasteiger partial charge < -0.3 is 10.1 Å². The maximum atomic E-state index is 13.4. The summed E-state index contributed by atoms with van der Waals surface area (Å²) in [7, 11) is 0. The van der Waals surface area contributed by atoms with Gasteiger partial charge >= 0.3 is 5.97 Å². The number of hydrogen-bond acceptors (Lipinski definition) is 3. The van der Waals surface area contributed by atoms with Crippen LogP contribution in [0.1, 0.15) is 15.9 Å². The summed E-state index contributed by atoms with van der Waals surface area (Å²) < 4.78 is 56.8. The predicted molar refractivity (Wildman–Crippen MR) is 76.4 cm³/mol. The van der Waals surface area contributed by atoms with Gasteiger partial charge in [0.15, 0.2) is 29.9 Å². The van der Waals surface area contributed by atoms with Crippen molar-refractivity contribution in [2.75, 3.05) is 11.9 Å². The molecule has 0 bridgehead atoms. The topological polar surface area (TPSA) is 55.4 Å². The Morgan fingerprint density at radius 1 is 1.00 bits per heavy atom. The monoisotopic (exact) mass is 341 g/mol. The Labute approximate surface area is 134 Å². The molecule has 126 valence electrons. The first-order valence-electron chi connectivity index (χ1n) is 6.66. The summed E-state index contributed by atoms with van der Waals surface area (Å²) in [5.74, 6) is -10.0. The smallest absolute Gasteiger partial charge is 0.341 e. The molecule has 0 aliphatic carbocycles. The summed E-state index contributed by atoms with van der Waals surface area (Å²) >= 11 is 0. The number of anilines is 1. The van der Waals surface area contributed by atoms with Gasteiger partial charge in [0, 0.05) is 5.69 Å². The first-order valence-corrected chi connectivity index (χ1v) is 6.66. The second-order valence-electron chi connectivity index (χ2n) is 4.84. The molecule has 0 aromatic heterocycles. The molecule has 0 unspecified atom stereocenters. The number of amides is 1. The molecule has 1 N–H and O–H groups in total. The molecule has 4 nitrogen and oxygen atoms in total. The normalized spacial score (nSPS) is 10.4. The van der Waals surface area contributed by atoms with Crippen LogP contribution in [0.15, 0.2) is 30.3 Å². The van der Waals surface area contributed by atoms with Gasteiger partial charge in [-0.15, -0.1) is 0 Å². The van der Waals surface area contributed by atoms with E-state index in [1.807, 2.05) is 6.92 Å². The lowest BCUT2D eigenvalue weighted by atomic mass is 10.2. The van der Waals surface area contributed by atoms with Crippen molar-refractivity contribution in [1.82, 2.24) is 0 Å². The van der Waals surface area contributed by atoms with Crippen molar-refractivity contribution < 1.29 is 31.9 Å². The van der Waals surface area contributed by atoms with Crippen LogP contribution in [0.25, 0.3) is 0 Å². The van der Waals surface area contributed by atoms with Crippen molar-refractivity contribution in [2.45, 2.75) is 6.92 Å². The van der Waals surface area contributed by atoms with E-state index < -0.39 is 47.3 Å². The molecule has 2 aromatic carbocycles. The summed E-state index contributed by atoms with van der Waals surface area (Å²) in [6.07, 6.45) is 0. The summed E-state index contributed by atoms with van der Waals surface area (Å²) in [6, 6.07) is 6.86. The summed E-state index contributed by atoms with van der Waals surface area (Å²) in [5, 5.41) is 2.40. The fourth-order valence-electron chi connectivity index (χ4n) is 1.76. The molecular formula is C16H11F4NO3. The molecule has 0 aliphatic rings. The van der Waals surface area contributed by atoms with E-state index in [2.05, 4.69) is 10.1 Å². The largest absolute Gasteiger partial charge is 0.452 e. The number of nitrogens with one attached hydrogen (secondary N) is 1. The number of ether oxygens (including phenoxy) is 1. The van der Waals surface area contributed by atoms with Gasteiger partial charge in [0.05, 0.1) is 0 Å². The van der Waals surface area contributed by atoms with Crippen molar-refractivity contribution in [3.8, 4) is 0 Å². The SMILES string of the molecule is Cc1ccc(NC(=O)COC(=O)c2cc(F)c(F)c(F)c2F)cc1. The minimum atomic E-state index is -2.13. The molecule has 0 saturated carbocycles. The number of halogens is 4. The van der Waals surface area contributed by atoms with Crippen LogP contribution < -0.4 is 5.32 Å². The maximum absolute atomic E-state index is 13.4. The number of esters is 1. The molecule has 0 fully saturated rings. The fourth-order valence-corrected chi connectivity index (χ4v) is 1.76. The molecule has 0 heterocycles. The van der Waals surface area contributed by atoms with Crippen LogP contribution in [0.2, 0.25) is 0 Å². The predicted octanol–water partition coefficient (Wildman–Crippen LogP) is 3.35. The second-order valence-corrected chi connectivity index (χ2v) is 4.84. The Balaban J connectivity index is 2.00. The van der Waals surface area contributed by atoms with Crippen molar-refractivity contribution in [3.63, 3.8) is 0 Å². The summed E-state index contributed by atoms with van der Waals surface area (Å²) in [6.45, 7) is 1.04. The molecule has 2 rings (SSSR count). The highest BCUT2D eigenvalue weighted by Crippen LogP contribution is 2.19. The number of rotatable bonds is 4. The highest BCUT2D eigenvalue weighted by atomic mass is 19.2. The van der Waals surface area contributed by atoms with E-state index in [0.717, 1.165) is 5.56 Å². The average molecular weight is 341 g/mol. The Bertz CT molecular complexity index is 791. The molecular weight excluding hydrogens is 330 g/mol. The average Bonchev–Trinajstić information content (AvgIpc) is 2.56. The minimum Gasteiger partial charge on any atom is -0.452 e. The maximum Gasteiger partial charge on any atom is 0.341 e. The first kappa shape index (κ1) is 17.5. The van der Waals surface area contributed by atoms with Crippen molar-refractivity contribution >= 4 is 17.6 Å². The van der Waals surface area contributed by atoms with Gasteiger partial charge in [-0.05, 0) is 25.1 Å². The quantitative estimate of drug-likeness (QED) is 0.402. The number of carbonyl (C=O) groups is 2. The van der Waals surface area contributed by atoms with Crippen molar-refractivity contribution in [2.24, 2.45) is 0 Å². The number of benzene rings is 2. The highest BCUT2D eigenvalue weighted by Gasteiger charge is 2.24. The molecule has 0 atom stereocenters. The van der Waals surface area contributed by atoms with Crippen LogP contribution in [0.3, 0.4) is 0 Å². The van der Waals surface area contributed by atoms with Crippen LogP contribution in [-0.4, -0.2) is 18.5 Å². The van der Waals surface area contributed by atoms with E-state index >= 15 is 0 Å². The Hall–Kier alpha value is -2.90. The lowest BCUT2D eigenvalue weighted by molar-refractivity contribution is -0.119. The Morgan fingerprint density at radius 3 is 2.25 bits per heavy atom. The summed E-state index contributed by atoms with van der Waals surface area (Å²) in [5.41, 5.74) is 0.261. The van der Waals surface area contributed by atoms with Gasteiger partial charge in [-0.1, -0.05) is 17.7 Å². The van der Waals surface area contributed by atoms with Crippen LogP contribution >= 0.6 is 0 Å². The number of hydrogen-bond donors (Lipinski definition) is 1. The molecule has 0 saturated heterocycles. The lowest BCUT2D eigenvalue weighted by Gasteiger charge is -2.08. The summed E-state index contributed by atoms with van der Waals surface area (Å²) in [4.78, 5) is 23.2. The van der Waals surface area contributed by atoms with Gasteiger partial charge in [-0.25, -0.2) is 22.4 Å². The molecule has 1 amide bonds. The van der Waals surface area contributed by atoms with E-state index in [0.29, 0.717) is 5.69 Å². The molecule has 0 aliphatic heterocycles. The molecule has 0 spiro atoms. The van der Waals surface area contributed by atoms with Crippen LogP contribution in [0.5, 0.6) is 0 Å². The van der Waals surface area contributed by atoms with Gasteiger partial charge in [0.25, 0.3) is 5.91 Å². The third kappa shape index (κ3) is 3.89. The fraction of sp³-hybridized carbons (Fsp3) is 0.125. The van der Waals surface area contributed by atoms with E-state index in [9.17, 15) is 27.2 Å². The molecule has 0 radical (unpaired) electrons. The Morgan fingerprint density at radius 2 is 1.62 bits per heavy atom. The molecule has 24 heavy (non-hydrogen) atoms. The van der Waals surface area contributed by atoms with Crippen molar-refractivity contribution in [1.29, 1.82) is 0 Å². The zero-order valence-corrected chi connectivity index (χ0v) is 12.3. The van der Waals surface area contributed by atoms with Crippen molar-refractivity contribution in [3.05, 3.63) is 64.7 Å². The van der Waals surface area contributed by atoms with Crippen LogP contribution in [0, 0.1) is 30.2 Å². The third-order valence-electron chi connectivity index (χ3n) is 2.99. The number of aryl methyl sites for hydroxylation is 1. The van der Waals surface area contributed by atoms with Gasteiger partial charge in [-0.2, -0.15) is 0 Å². The van der Waals surface area contributed by atoms with Crippen LogP contribution in [-0.2, 0) is 9.53 Å². The lowest BCUT2D eigenvalue weighted by Crippen LogP contribution is -2.21. The van der Waals surface area contributed by atoms with E-state index in [-0.39, 0.29) is 6.07 Å². The molecule has 2 aromatic rings. The molecule has 8 heteroatoms. The standard InChI is InChI=1S/C16H11F4NO3/c1-8-2-4-9(5-3-8)21-12(22)7-24-16(23)10-6-11(17)14(19)15(20)13(10)18/h2-6H,7H2,1H3,(H,21,22). The minimum absolute atomic E-state index is 0.161. The van der Waals surface area contributed by atoms with Gasteiger partial charge in [0.1, 0.15) is 5.56 Å². The van der Waals surface area contributed by atoms with Crippen LogP contribution in [0.4, 0.5) is 23.2 Å². The Kier molecular flexibility index (Phi) is 5.18. The van der Waals surface area contributed by atoms with E-state index in [1.165, 1.54) is 0 Å². The van der Waals surface area contributed by atoms with E-state index in [4.69, 9.17) is 0 Å². The van der Waals surface area contributed by atoms with Gasteiger partial charge in [0.2, 0.25) is 0 Å². The highest BCUT2D eigenvalue weighted by molar-refractivity contribution is 5.95. The third-order valence-corrected chi connectivity index (χ3v) is 2.99. The zero-order valence-electron chi connectivity index (χ0n) is 12.3. The second kappa shape index (κ2) is 7.12. The first-order chi connectivity index (χ1) is 11.3.